The number of allylic oxidation sites excluding steroid dienone is 1. The van der Waals surface area contributed by atoms with Gasteiger partial charge < -0.3 is 0 Å². The Bertz CT molecular complexity index is 479. The molecule has 0 N–H and O–H groups in total. The first-order valence-electron chi connectivity index (χ1n) is 11.6. The van der Waals surface area contributed by atoms with E-state index in [-0.39, 0.29) is 0 Å². The van der Waals surface area contributed by atoms with E-state index in [1.807, 2.05) is 0 Å². The second-order valence-electron chi connectivity index (χ2n) is 11.2. The summed E-state index contributed by atoms with van der Waals surface area (Å²) < 4.78 is 0. The van der Waals surface area contributed by atoms with Crippen LogP contribution in [0.1, 0.15) is 91.9 Å². The first-order chi connectivity index (χ1) is 12.3. The molecule has 3 rings (SSSR count). The van der Waals surface area contributed by atoms with Gasteiger partial charge in [0.15, 0.2) is 0 Å². The molecule has 150 valence electrons. The van der Waals surface area contributed by atoms with Crippen LogP contribution >= 0.6 is 12.6 Å². The first-order valence-corrected chi connectivity index (χ1v) is 12.2. The van der Waals surface area contributed by atoms with Crippen LogP contribution in [0, 0.1) is 46.8 Å². The number of hydrogen-bond acceptors (Lipinski definition) is 1. The lowest BCUT2D eigenvalue weighted by Crippen LogP contribution is -2.23. The normalized spacial score (nSPS) is 37.6. The van der Waals surface area contributed by atoms with Crippen LogP contribution in [0.25, 0.3) is 0 Å². The van der Waals surface area contributed by atoms with Crippen molar-refractivity contribution in [3.8, 4) is 0 Å². The quantitative estimate of drug-likeness (QED) is 0.237. The summed E-state index contributed by atoms with van der Waals surface area (Å²) in [6, 6.07) is 0. The predicted molar refractivity (Wildman–Crippen MR) is 119 cm³/mol. The van der Waals surface area contributed by atoms with E-state index in [0.29, 0.717) is 5.41 Å². The zero-order chi connectivity index (χ0) is 18.9. The Labute approximate surface area is 169 Å². The van der Waals surface area contributed by atoms with Gasteiger partial charge in [-0.2, -0.15) is 12.6 Å². The molecule has 26 heavy (non-hydrogen) atoms. The molecule has 0 spiro atoms. The molecule has 3 aliphatic carbocycles. The molecule has 0 amide bonds. The van der Waals surface area contributed by atoms with Gasteiger partial charge in [0, 0.05) is 0 Å². The highest BCUT2D eigenvalue weighted by Gasteiger charge is 2.54. The monoisotopic (exact) mass is 376 g/mol. The molecule has 0 aromatic carbocycles. The van der Waals surface area contributed by atoms with Gasteiger partial charge in [0.05, 0.1) is 0 Å². The SMILES string of the molecule is C=C(CCCCC(C)C1CC(C)C2C3CCCC(C3)C12)CC(C)(C)CS. The predicted octanol–water partition coefficient (Wildman–Crippen LogP) is 7.79. The summed E-state index contributed by atoms with van der Waals surface area (Å²) in [5, 5.41) is 0. The van der Waals surface area contributed by atoms with Crippen molar-refractivity contribution in [2.75, 3.05) is 5.75 Å². The first kappa shape index (κ1) is 20.8. The van der Waals surface area contributed by atoms with Crippen LogP contribution < -0.4 is 0 Å². The Kier molecular flexibility index (Phi) is 6.90. The highest BCUT2D eigenvalue weighted by Crippen LogP contribution is 2.62. The highest BCUT2D eigenvalue weighted by molar-refractivity contribution is 7.80. The van der Waals surface area contributed by atoms with Crippen LogP contribution in [-0.4, -0.2) is 5.75 Å². The van der Waals surface area contributed by atoms with E-state index in [9.17, 15) is 0 Å². The summed E-state index contributed by atoms with van der Waals surface area (Å²) in [6.07, 6.45) is 14.3. The van der Waals surface area contributed by atoms with E-state index in [1.165, 1.54) is 44.1 Å². The van der Waals surface area contributed by atoms with Crippen molar-refractivity contribution in [2.24, 2.45) is 46.8 Å². The van der Waals surface area contributed by atoms with Gasteiger partial charge in [-0.3, -0.25) is 0 Å². The molecule has 7 unspecified atom stereocenters. The Morgan fingerprint density at radius 3 is 2.50 bits per heavy atom. The Morgan fingerprint density at radius 2 is 1.81 bits per heavy atom. The highest BCUT2D eigenvalue weighted by atomic mass is 32.1. The lowest BCUT2D eigenvalue weighted by atomic mass is 9.75. The molecule has 0 saturated heterocycles. The molecule has 3 fully saturated rings. The van der Waals surface area contributed by atoms with Gasteiger partial charge in [-0.05, 0) is 84.7 Å². The van der Waals surface area contributed by atoms with Gasteiger partial charge in [0.2, 0.25) is 0 Å². The van der Waals surface area contributed by atoms with Crippen molar-refractivity contribution < 1.29 is 0 Å². The average Bonchev–Trinajstić information content (AvgIpc) is 3.07. The topological polar surface area (TPSA) is 0 Å². The molecular formula is C25H44S. The van der Waals surface area contributed by atoms with E-state index in [0.717, 1.165) is 53.6 Å². The summed E-state index contributed by atoms with van der Waals surface area (Å²) >= 11 is 4.48. The van der Waals surface area contributed by atoms with Crippen LogP contribution in [0.3, 0.4) is 0 Å². The Balaban J connectivity index is 1.43. The zero-order valence-corrected chi connectivity index (χ0v) is 18.9. The van der Waals surface area contributed by atoms with E-state index in [4.69, 9.17) is 0 Å². The average molecular weight is 377 g/mol. The second-order valence-corrected chi connectivity index (χ2v) is 11.5. The maximum Gasteiger partial charge on any atom is -0.00434 e. The third-order valence-corrected chi connectivity index (χ3v) is 9.27. The summed E-state index contributed by atoms with van der Waals surface area (Å²) in [6.45, 7) is 14.1. The summed E-state index contributed by atoms with van der Waals surface area (Å²) in [4.78, 5) is 0. The van der Waals surface area contributed by atoms with Gasteiger partial charge in [0.1, 0.15) is 0 Å². The van der Waals surface area contributed by atoms with Crippen molar-refractivity contribution in [1.82, 2.24) is 0 Å². The third-order valence-electron chi connectivity index (χ3n) is 8.41. The van der Waals surface area contributed by atoms with Crippen molar-refractivity contribution >= 4 is 12.6 Å². The maximum absolute atomic E-state index is 4.48. The standard InChI is InChI=1S/C25H44S/c1-17(15-25(4,5)16-26)9-6-7-10-18(2)22-13-19(3)23-20-11-8-12-21(14-20)24(22)23/h18-24,26H,1,6-16H2,2-5H3. The number of fused-ring (bicyclic) bond motifs is 5. The fourth-order valence-electron chi connectivity index (χ4n) is 7.31. The smallest absolute Gasteiger partial charge is 0.00434 e. The lowest BCUT2D eigenvalue weighted by Gasteiger charge is -2.30. The summed E-state index contributed by atoms with van der Waals surface area (Å²) in [5.74, 6) is 8.32. The van der Waals surface area contributed by atoms with E-state index in [2.05, 4.69) is 46.9 Å². The van der Waals surface area contributed by atoms with Crippen molar-refractivity contribution in [1.29, 1.82) is 0 Å². The molecule has 0 aromatic heterocycles. The maximum atomic E-state index is 4.48. The molecule has 3 aliphatic rings. The fraction of sp³-hybridized carbons (Fsp3) is 0.920. The van der Waals surface area contributed by atoms with Crippen molar-refractivity contribution in [3.63, 3.8) is 0 Å². The molecule has 3 saturated carbocycles. The van der Waals surface area contributed by atoms with Gasteiger partial charge in [-0.25, -0.2) is 0 Å². The number of unbranched alkanes of at least 4 members (excludes halogenated alkanes) is 1. The minimum absolute atomic E-state index is 0.308. The third kappa shape index (κ3) is 4.56. The minimum Gasteiger partial charge on any atom is -0.179 e. The van der Waals surface area contributed by atoms with Crippen LogP contribution in [0.5, 0.6) is 0 Å². The second kappa shape index (κ2) is 8.62. The van der Waals surface area contributed by atoms with Gasteiger partial charge >= 0.3 is 0 Å². The number of thiol groups is 1. The van der Waals surface area contributed by atoms with Crippen LogP contribution in [0.4, 0.5) is 0 Å². The number of rotatable bonds is 9. The molecule has 1 heteroatoms. The summed E-state index contributed by atoms with van der Waals surface area (Å²) in [7, 11) is 0. The van der Waals surface area contributed by atoms with Gasteiger partial charge in [0.25, 0.3) is 0 Å². The molecule has 2 bridgehead atoms. The van der Waals surface area contributed by atoms with E-state index < -0.39 is 0 Å². The van der Waals surface area contributed by atoms with E-state index in [1.54, 1.807) is 19.3 Å². The molecule has 0 aromatic rings. The molecule has 7 atom stereocenters. The molecule has 0 nitrogen and oxygen atoms in total. The van der Waals surface area contributed by atoms with E-state index >= 15 is 0 Å². The Morgan fingerprint density at radius 1 is 1.12 bits per heavy atom. The lowest BCUT2D eigenvalue weighted by molar-refractivity contribution is 0.191. The van der Waals surface area contributed by atoms with Crippen molar-refractivity contribution in [2.45, 2.75) is 91.9 Å². The van der Waals surface area contributed by atoms with Crippen molar-refractivity contribution in [3.05, 3.63) is 12.2 Å². The molecule has 0 radical (unpaired) electrons. The molecule has 0 aliphatic heterocycles. The Hall–Kier alpha value is 0.0900. The van der Waals surface area contributed by atoms with Gasteiger partial charge in [-0.15, -0.1) is 0 Å². The van der Waals surface area contributed by atoms with Crippen LogP contribution in [0.15, 0.2) is 12.2 Å². The van der Waals surface area contributed by atoms with Crippen LogP contribution in [-0.2, 0) is 0 Å². The largest absolute Gasteiger partial charge is 0.179 e. The molecule has 0 heterocycles. The summed E-state index contributed by atoms with van der Waals surface area (Å²) in [5.41, 5.74) is 1.75. The van der Waals surface area contributed by atoms with Crippen LogP contribution in [0.2, 0.25) is 0 Å². The minimum atomic E-state index is 0.308. The van der Waals surface area contributed by atoms with Gasteiger partial charge in [-0.1, -0.05) is 72.0 Å². The molecular weight excluding hydrogens is 332 g/mol. The number of hydrogen-bond donors (Lipinski definition) is 1. The zero-order valence-electron chi connectivity index (χ0n) is 18.0. The fourth-order valence-corrected chi connectivity index (χ4v) is 7.42.